The Hall–Kier alpha value is -1.61. The molecule has 0 heterocycles. The Morgan fingerprint density at radius 2 is 1.54 bits per heavy atom. The predicted molar refractivity (Wildman–Crippen MR) is 102 cm³/mol. The van der Waals surface area contributed by atoms with Crippen molar-refractivity contribution >= 4 is 11.6 Å². The van der Waals surface area contributed by atoms with Crippen LogP contribution >= 0.6 is 11.6 Å². The van der Waals surface area contributed by atoms with Gasteiger partial charge in [0.1, 0.15) is 5.60 Å². The van der Waals surface area contributed by atoms with Crippen molar-refractivity contribution in [1.82, 2.24) is 4.90 Å². The van der Waals surface area contributed by atoms with E-state index in [1.165, 1.54) is 0 Å². The van der Waals surface area contributed by atoms with Gasteiger partial charge in [-0.1, -0.05) is 85.8 Å². The van der Waals surface area contributed by atoms with Crippen molar-refractivity contribution in [2.45, 2.75) is 12.5 Å². The Bertz CT molecular complexity index is 602. The van der Waals surface area contributed by atoms with Gasteiger partial charge in [0, 0.05) is 31.1 Å². The van der Waals surface area contributed by atoms with Crippen LogP contribution in [0.2, 0.25) is 0 Å². The number of benzene rings is 2. The van der Waals surface area contributed by atoms with Crippen molar-refractivity contribution in [2.75, 3.05) is 27.2 Å². The lowest BCUT2D eigenvalue weighted by atomic mass is 9.76. The fourth-order valence-electron chi connectivity index (χ4n) is 3.50. The zero-order chi connectivity index (χ0) is 17.6. The molecule has 0 aliphatic heterocycles. The summed E-state index contributed by atoms with van der Waals surface area (Å²) in [6, 6.07) is 20.8. The number of ether oxygens (including phenoxy) is 1. The van der Waals surface area contributed by atoms with Crippen LogP contribution < -0.4 is 0 Å². The Labute approximate surface area is 150 Å². The lowest BCUT2D eigenvalue weighted by Crippen LogP contribution is -2.42. The summed E-state index contributed by atoms with van der Waals surface area (Å²) in [7, 11) is 3.84. The molecule has 1 atom stereocenters. The quantitative estimate of drug-likeness (QED) is 0.676. The van der Waals surface area contributed by atoms with Crippen LogP contribution in [0.5, 0.6) is 0 Å². The molecule has 2 rings (SSSR count). The largest absolute Gasteiger partial charge is 0.368 e. The second-order valence-corrected chi connectivity index (χ2v) is 6.82. The number of methoxy groups -OCH3 is 1. The van der Waals surface area contributed by atoms with Crippen LogP contribution in [0.15, 0.2) is 72.3 Å². The summed E-state index contributed by atoms with van der Waals surface area (Å²) in [6.07, 6.45) is 0. The van der Waals surface area contributed by atoms with E-state index < -0.39 is 5.60 Å². The minimum absolute atomic E-state index is 0.216. The first-order chi connectivity index (χ1) is 11.5. The third-order valence-electron chi connectivity index (χ3n) is 4.45. The van der Waals surface area contributed by atoms with Crippen LogP contribution in [0.4, 0.5) is 0 Å². The van der Waals surface area contributed by atoms with E-state index in [2.05, 4.69) is 74.0 Å². The van der Waals surface area contributed by atoms with Crippen molar-refractivity contribution in [2.24, 2.45) is 5.92 Å². The Kier molecular flexibility index (Phi) is 6.61. The van der Waals surface area contributed by atoms with E-state index in [4.69, 9.17) is 16.3 Å². The minimum atomic E-state index is -0.509. The Balaban J connectivity index is 2.44. The Morgan fingerprint density at radius 1 is 1.08 bits per heavy atom. The molecule has 2 aromatic carbocycles. The molecule has 0 aliphatic rings. The summed E-state index contributed by atoms with van der Waals surface area (Å²) in [5, 5.41) is 0.645. The summed E-state index contributed by atoms with van der Waals surface area (Å²) in [5.41, 5.74) is 1.80. The molecule has 0 fully saturated rings. The first-order valence-electron chi connectivity index (χ1n) is 8.18. The highest BCUT2D eigenvalue weighted by atomic mass is 35.5. The third kappa shape index (κ3) is 4.07. The summed E-state index contributed by atoms with van der Waals surface area (Å²) >= 11 is 5.97. The average Bonchev–Trinajstić information content (AvgIpc) is 2.57. The van der Waals surface area contributed by atoms with Crippen LogP contribution in [-0.2, 0) is 10.3 Å². The van der Waals surface area contributed by atoms with E-state index >= 15 is 0 Å². The number of hydrogen-bond acceptors (Lipinski definition) is 2. The molecule has 2 nitrogen and oxygen atoms in total. The standard InChI is InChI=1S/C21H26ClNO/c1-17(15-23(3)16-18(2)22)21(24-4,19-11-7-5-8-12-19)20-13-9-6-10-14-20/h5-14,17H,2,15-16H2,1,3-4H3. The highest BCUT2D eigenvalue weighted by molar-refractivity contribution is 6.29. The molecule has 0 radical (unpaired) electrons. The van der Waals surface area contributed by atoms with Gasteiger partial charge in [0.05, 0.1) is 0 Å². The predicted octanol–water partition coefficient (Wildman–Crippen LogP) is 4.90. The van der Waals surface area contributed by atoms with Gasteiger partial charge in [-0.25, -0.2) is 0 Å². The maximum atomic E-state index is 6.20. The smallest absolute Gasteiger partial charge is 0.121 e. The second-order valence-electron chi connectivity index (χ2n) is 6.29. The average molecular weight is 344 g/mol. The van der Waals surface area contributed by atoms with E-state index in [9.17, 15) is 0 Å². The second kappa shape index (κ2) is 8.48. The van der Waals surface area contributed by atoms with Gasteiger partial charge in [-0.3, -0.25) is 0 Å². The van der Waals surface area contributed by atoms with Crippen LogP contribution in [0.1, 0.15) is 18.1 Å². The molecular weight excluding hydrogens is 318 g/mol. The molecule has 0 bridgehead atoms. The van der Waals surface area contributed by atoms with Crippen LogP contribution in [0.25, 0.3) is 0 Å². The zero-order valence-electron chi connectivity index (χ0n) is 14.7. The fourth-order valence-corrected chi connectivity index (χ4v) is 3.70. The molecule has 3 heteroatoms. The maximum Gasteiger partial charge on any atom is 0.121 e. The fraction of sp³-hybridized carbons (Fsp3) is 0.333. The lowest BCUT2D eigenvalue weighted by molar-refractivity contribution is -0.0315. The molecule has 0 spiro atoms. The molecule has 0 aromatic heterocycles. The van der Waals surface area contributed by atoms with Gasteiger partial charge in [0.25, 0.3) is 0 Å². The first kappa shape index (κ1) is 18.7. The summed E-state index contributed by atoms with van der Waals surface area (Å²) in [6.45, 7) is 7.51. The molecule has 128 valence electrons. The van der Waals surface area contributed by atoms with Crippen molar-refractivity contribution < 1.29 is 4.74 Å². The number of halogens is 1. The van der Waals surface area contributed by atoms with E-state index in [1.54, 1.807) is 7.11 Å². The van der Waals surface area contributed by atoms with E-state index in [0.29, 0.717) is 11.6 Å². The van der Waals surface area contributed by atoms with Gasteiger partial charge in [0.2, 0.25) is 0 Å². The summed E-state index contributed by atoms with van der Waals surface area (Å²) in [5.74, 6) is 0.216. The molecule has 0 saturated heterocycles. The number of hydrogen-bond donors (Lipinski definition) is 0. The van der Waals surface area contributed by atoms with E-state index in [1.807, 2.05) is 12.1 Å². The van der Waals surface area contributed by atoms with Gasteiger partial charge in [-0.2, -0.15) is 0 Å². The third-order valence-corrected chi connectivity index (χ3v) is 4.57. The van der Waals surface area contributed by atoms with Crippen LogP contribution in [-0.4, -0.2) is 32.1 Å². The molecule has 0 amide bonds. The van der Waals surface area contributed by atoms with Crippen molar-refractivity contribution in [3.63, 3.8) is 0 Å². The van der Waals surface area contributed by atoms with E-state index in [-0.39, 0.29) is 5.92 Å². The Morgan fingerprint density at radius 3 is 1.92 bits per heavy atom. The van der Waals surface area contributed by atoms with Gasteiger partial charge < -0.3 is 9.64 Å². The number of rotatable bonds is 8. The molecule has 1 unspecified atom stereocenters. The number of likely N-dealkylation sites (N-methyl/N-ethyl adjacent to an activating group) is 1. The molecule has 0 aliphatic carbocycles. The molecule has 0 N–H and O–H groups in total. The van der Waals surface area contributed by atoms with Crippen molar-refractivity contribution in [3.05, 3.63) is 83.4 Å². The van der Waals surface area contributed by atoms with Crippen LogP contribution in [0.3, 0.4) is 0 Å². The van der Waals surface area contributed by atoms with Gasteiger partial charge >= 0.3 is 0 Å². The summed E-state index contributed by atoms with van der Waals surface area (Å²) in [4.78, 5) is 2.18. The molecule has 2 aromatic rings. The van der Waals surface area contributed by atoms with Crippen molar-refractivity contribution in [3.8, 4) is 0 Å². The maximum absolute atomic E-state index is 6.20. The molecule has 24 heavy (non-hydrogen) atoms. The van der Waals surface area contributed by atoms with Gasteiger partial charge in [-0.15, -0.1) is 0 Å². The highest BCUT2D eigenvalue weighted by Crippen LogP contribution is 2.40. The van der Waals surface area contributed by atoms with Gasteiger partial charge in [-0.05, 0) is 18.2 Å². The number of nitrogens with zero attached hydrogens (tertiary/aromatic N) is 1. The highest BCUT2D eigenvalue weighted by Gasteiger charge is 2.40. The van der Waals surface area contributed by atoms with Crippen molar-refractivity contribution in [1.29, 1.82) is 0 Å². The van der Waals surface area contributed by atoms with E-state index in [0.717, 1.165) is 17.7 Å². The summed E-state index contributed by atoms with van der Waals surface area (Å²) < 4.78 is 6.20. The molecular formula is C21H26ClNO. The SMILES string of the molecule is C=C(Cl)CN(C)CC(C)C(OC)(c1ccccc1)c1ccccc1. The van der Waals surface area contributed by atoms with Crippen LogP contribution in [0, 0.1) is 5.92 Å². The lowest BCUT2D eigenvalue weighted by Gasteiger charge is -2.40. The topological polar surface area (TPSA) is 12.5 Å². The minimum Gasteiger partial charge on any atom is -0.368 e. The first-order valence-corrected chi connectivity index (χ1v) is 8.56. The zero-order valence-corrected chi connectivity index (χ0v) is 15.5. The monoisotopic (exact) mass is 343 g/mol. The normalized spacial score (nSPS) is 13.0. The van der Waals surface area contributed by atoms with Gasteiger partial charge in [0.15, 0.2) is 0 Å². The molecule has 0 saturated carbocycles.